The Bertz CT molecular complexity index is 1140. The molecule has 2 aromatic heterocycles. The number of carbonyl (C=O) groups is 2. The predicted molar refractivity (Wildman–Crippen MR) is 107 cm³/mol. The third kappa shape index (κ3) is 4.25. The molecule has 8 nitrogen and oxygen atoms in total. The summed E-state index contributed by atoms with van der Waals surface area (Å²) in [5.74, 6) is -3.99. The number of morpholine rings is 1. The Morgan fingerprint density at radius 3 is 2.74 bits per heavy atom. The van der Waals surface area contributed by atoms with Gasteiger partial charge in [0.15, 0.2) is 0 Å². The number of amides is 1. The van der Waals surface area contributed by atoms with Gasteiger partial charge in [0.1, 0.15) is 29.6 Å². The third-order valence-corrected chi connectivity index (χ3v) is 5.11. The number of ether oxygens (including phenoxy) is 2. The van der Waals surface area contributed by atoms with Crippen molar-refractivity contribution in [1.82, 2.24) is 14.9 Å². The highest BCUT2D eigenvalue weighted by atomic mass is 19.1. The number of hydrogen-bond acceptors (Lipinski definition) is 6. The summed E-state index contributed by atoms with van der Waals surface area (Å²) in [6, 6.07) is 3.32. The first kappa shape index (κ1) is 20.9. The van der Waals surface area contributed by atoms with Crippen LogP contribution in [0.3, 0.4) is 0 Å². The lowest BCUT2D eigenvalue weighted by atomic mass is 9.99. The van der Waals surface area contributed by atoms with Gasteiger partial charge in [0, 0.05) is 36.8 Å². The van der Waals surface area contributed by atoms with Crippen LogP contribution in [0.1, 0.15) is 26.3 Å². The minimum atomic E-state index is -1.29. The molecular weight excluding hydrogens is 410 g/mol. The lowest BCUT2D eigenvalue weighted by Crippen LogP contribution is -2.38. The van der Waals surface area contributed by atoms with E-state index in [4.69, 9.17) is 15.2 Å². The highest BCUT2D eigenvalue weighted by Gasteiger charge is 2.26. The number of ketones is 1. The van der Waals surface area contributed by atoms with Gasteiger partial charge >= 0.3 is 0 Å². The predicted octanol–water partition coefficient (Wildman–Crippen LogP) is 1.88. The van der Waals surface area contributed by atoms with E-state index in [1.165, 1.54) is 12.4 Å². The number of hydrogen-bond donors (Lipinski definition) is 2. The van der Waals surface area contributed by atoms with Crippen molar-refractivity contribution < 1.29 is 27.8 Å². The maximum Gasteiger partial charge on any atom is 0.251 e. The molecule has 31 heavy (non-hydrogen) atoms. The number of nitrogens with zero attached hydrogens (tertiary/aromatic N) is 2. The molecule has 0 saturated carbocycles. The summed E-state index contributed by atoms with van der Waals surface area (Å²) in [4.78, 5) is 33.5. The molecule has 1 aromatic carbocycles. The molecule has 1 aliphatic heterocycles. The number of H-pyrrole nitrogens is 1. The fourth-order valence-corrected chi connectivity index (χ4v) is 3.45. The largest absolute Gasteiger partial charge is 0.491 e. The van der Waals surface area contributed by atoms with Crippen LogP contribution in [0.15, 0.2) is 30.6 Å². The summed E-state index contributed by atoms with van der Waals surface area (Å²) in [6.07, 6.45) is 2.81. The molecule has 0 radical (unpaired) electrons. The normalized spacial score (nSPS) is 14.6. The van der Waals surface area contributed by atoms with Gasteiger partial charge in [-0.3, -0.25) is 14.5 Å². The smallest absolute Gasteiger partial charge is 0.251 e. The zero-order valence-corrected chi connectivity index (χ0v) is 16.5. The van der Waals surface area contributed by atoms with Gasteiger partial charge < -0.3 is 20.2 Å². The van der Waals surface area contributed by atoms with Gasteiger partial charge in [0.2, 0.25) is 5.78 Å². The molecule has 3 heterocycles. The minimum absolute atomic E-state index is 0.000509. The van der Waals surface area contributed by atoms with Crippen LogP contribution in [0.2, 0.25) is 0 Å². The van der Waals surface area contributed by atoms with E-state index in [9.17, 15) is 18.4 Å². The van der Waals surface area contributed by atoms with Gasteiger partial charge in [-0.2, -0.15) is 0 Å². The zero-order chi connectivity index (χ0) is 22.0. The third-order valence-electron chi connectivity index (χ3n) is 5.11. The molecule has 0 spiro atoms. The fraction of sp³-hybridized carbons (Fsp3) is 0.286. The molecule has 4 rings (SSSR count). The first-order chi connectivity index (χ1) is 15.0. The number of aromatic nitrogens is 2. The van der Waals surface area contributed by atoms with E-state index in [2.05, 4.69) is 14.9 Å². The second kappa shape index (κ2) is 8.78. The molecule has 3 N–H and O–H groups in total. The van der Waals surface area contributed by atoms with Gasteiger partial charge in [-0.25, -0.2) is 13.8 Å². The topological polar surface area (TPSA) is 111 Å². The zero-order valence-electron chi connectivity index (χ0n) is 16.5. The second-order valence-electron chi connectivity index (χ2n) is 7.05. The van der Waals surface area contributed by atoms with Gasteiger partial charge in [0.25, 0.3) is 5.91 Å². The Balaban J connectivity index is 1.58. The monoisotopic (exact) mass is 430 g/mol. The quantitative estimate of drug-likeness (QED) is 0.554. The molecule has 1 fully saturated rings. The molecule has 10 heteroatoms. The molecule has 0 atom stereocenters. The van der Waals surface area contributed by atoms with Crippen LogP contribution in [0.4, 0.5) is 8.78 Å². The van der Waals surface area contributed by atoms with Crippen molar-refractivity contribution in [2.45, 2.75) is 0 Å². The van der Waals surface area contributed by atoms with Gasteiger partial charge in [-0.05, 0) is 18.2 Å². The van der Waals surface area contributed by atoms with Crippen molar-refractivity contribution in [2.24, 2.45) is 5.73 Å². The van der Waals surface area contributed by atoms with Crippen LogP contribution in [0.25, 0.3) is 11.0 Å². The van der Waals surface area contributed by atoms with Crippen molar-refractivity contribution in [3.05, 3.63) is 58.9 Å². The van der Waals surface area contributed by atoms with Gasteiger partial charge in [-0.1, -0.05) is 0 Å². The molecule has 3 aromatic rings. The van der Waals surface area contributed by atoms with Crippen LogP contribution >= 0.6 is 0 Å². The second-order valence-corrected chi connectivity index (χ2v) is 7.05. The summed E-state index contributed by atoms with van der Waals surface area (Å²) in [5, 5.41) is 0.345. The van der Waals surface area contributed by atoms with E-state index >= 15 is 0 Å². The number of nitrogens with one attached hydrogen (secondary N) is 1. The van der Waals surface area contributed by atoms with Crippen molar-refractivity contribution >= 4 is 22.7 Å². The van der Waals surface area contributed by atoms with Gasteiger partial charge in [-0.15, -0.1) is 0 Å². The van der Waals surface area contributed by atoms with Crippen LogP contribution < -0.4 is 10.5 Å². The summed E-state index contributed by atoms with van der Waals surface area (Å²) in [5.41, 5.74) is 4.05. The first-order valence-corrected chi connectivity index (χ1v) is 9.68. The van der Waals surface area contributed by atoms with E-state index in [0.29, 0.717) is 43.1 Å². The van der Waals surface area contributed by atoms with Crippen molar-refractivity contribution in [1.29, 1.82) is 0 Å². The molecule has 1 saturated heterocycles. The SMILES string of the molecule is NC(=O)c1ccc(F)c(C(=O)c2c[nH]c3ncc(OCCN4CCOCC4)cc23)c1F. The number of nitrogens with two attached hydrogens (primary N) is 1. The number of carbonyl (C=O) groups excluding carboxylic acids is 2. The lowest BCUT2D eigenvalue weighted by molar-refractivity contribution is 0.0322. The average Bonchev–Trinajstić information content (AvgIpc) is 3.17. The summed E-state index contributed by atoms with van der Waals surface area (Å²) in [7, 11) is 0. The Hall–Kier alpha value is -3.37. The molecule has 1 amide bonds. The molecule has 0 aliphatic carbocycles. The number of benzene rings is 1. The van der Waals surface area contributed by atoms with Crippen LogP contribution in [-0.4, -0.2) is 66.0 Å². The molecule has 162 valence electrons. The Morgan fingerprint density at radius 2 is 2.00 bits per heavy atom. The molecular formula is C21H20F2N4O4. The van der Waals surface area contributed by atoms with E-state index in [-0.39, 0.29) is 5.56 Å². The first-order valence-electron chi connectivity index (χ1n) is 9.68. The van der Waals surface area contributed by atoms with E-state index in [1.54, 1.807) is 6.07 Å². The maximum absolute atomic E-state index is 14.6. The molecule has 0 unspecified atom stereocenters. The number of aromatic amines is 1. The highest BCUT2D eigenvalue weighted by Crippen LogP contribution is 2.27. The molecule has 0 bridgehead atoms. The summed E-state index contributed by atoms with van der Waals surface area (Å²) < 4.78 is 40.0. The minimum Gasteiger partial charge on any atom is -0.491 e. The highest BCUT2D eigenvalue weighted by molar-refractivity contribution is 6.17. The van der Waals surface area contributed by atoms with Crippen molar-refractivity contribution in [3.63, 3.8) is 0 Å². The Labute approximate surface area is 175 Å². The van der Waals surface area contributed by atoms with Crippen LogP contribution in [-0.2, 0) is 4.74 Å². The van der Waals surface area contributed by atoms with E-state index in [0.717, 1.165) is 25.2 Å². The lowest BCUT2D eigenvalue weighted by Gasteiger charge is -2.26. The van der Waals surface area contributed by atoms with E-state index in [1.807, 2.05) is 0 Å². The standard InChI is InChI=1S/C21H20F2N4O4/c22-16-2-1-13(20(24)29)18(23)17(16)19(28)15-11-26-21-14(15)9-12(10-25-21)31-8-5-27-3-6-30-7-4-27/h1-2,9-11H,3-8H2,(H2,24,29)(H,25,26). The summed E-state index contributed by atoms with van der Waals surface area (Å²) >= 11 is 0. The average molecular weight is 430 g/mol. The van der Waals surface area contributed by atoms with Crippen LogP contribution in [0, 0.1) is 11.6 Å². The Kier molecular flexibility index (Phi) is 5.92. The number of pyridine rings is 1. The maximum atomic E-state index is 14.6. The van der Waals surface area contributed by atoms with Crippen molar-refractivity contribution in [3.8, 4) is 5.75 Å². The number of halogens is 2. The number of fused-ring (bicyclic) bond motifs is 1. The Morgan fingerprint density at radius 1 is 1.23 bits per heavy atom. The molecule has 1 aliphatic rings. The fourth-order valence-electron chi connectivity index (χ4n) is 3.45. The van der Waals surface area contributed by atoms with Crippen LogP contribution in [0.5, 0.6) is 5.75 Å². The summed E-state index contributed by atoms with van der Waals surface area (Å²) in [6.45, 7) is 4.15. The van der Waals surface area contributed by atoms with Crippen molar-refractivity contribution in [2.75, 3.05) is 39.5 Å². The number of primary amides is 1. The van der Waals surface area contributed by atoms with Gasteiger partial charge in [0.05, 0.1) is 30.5 Å². The number of rotatable bonds is 7. The van der Waals surface area contributed by atoms with E-state index < -0.39 is 34.5 Å².